The number of carboxylic acids is 1. The second-order valence-electron chi connectivity index (χ2n) is 12.9. The van der Waals surface area contributed by atoms with E-state index in [1.807, 2.05) is 24.1 Å². The number of rotatable bonds is 6. The minimum absolute atomic E-state index is 0.0368. The van der Waals surface area contributed by atoms with Gasteiger partial charge < -0.3 is 9.67 Å². The lowest BCUT2D eigenvalue weighted by Gasteiger charge is -2.53. The first-order chi connectivity index (χ1) is 19.0. The van der Waals surface area contributed by atoms with Gasteiger partial charge in [0.25, 0.3) is 5.56 Å². The molecule has 1 unspecified atom stereocenters. The number of benzene rings is 1. The van der Waals surface area contributed by atoms with Gasteiger partial charge in [0.15, 0.2) is 0 Å². The van der Waals surface area contributed by atoms with E-state index < -0.39 is 5.97 Å². The summed E-state index contributed by atoms with van der Waals surface area (Å²) >= 11 is 0. The SMILES string of the molecule is CN(CC(=O)O)[C@H]1CCC(c2nc3ccccc3n([C@H]3C[C@H]4CCC[C@@H](C3)N4C3CCCCCCC3)c2=O)C1. The molecule has 4 aliphatic rings. The third-order valence-corrected chi connectivity index (χ3v) is 10.5. The van der Waals surface area contributed by atoms with E-state index in [2.05, 4.69) is 21.6 Å². The van der Waals surface area contributed by atoms with Gasteiger partial charge in [0, 0.05) is 36.1 Å². The molecule has 6 rings (SSSR count). The van der Waals surface area contributed by atoms with E-state index in [0.717, 1.165) is 49.2 Å². The molecule has 4 fully saturated rings. The highest BCUT2D eigenvalue weighted by molar-refractivity contribution is 5.75. The minimum Gasteiger partial charge on any atom is -0.480 e. The summed E-state index contributed by atoms with van der Waals surface area (Å²) in [5.41, 5.74) is 2.70. The summed E-state index contributed by atoms with van der Waals surface area (Å²) in [5, 5.41) is 9.26. The third-order valence-electron chi connectivity index (χ3n) is 10.5. The molecule has 39 heavy (non-hydrogen) atoms. The molecule has 3 heterocycles. The van der Waals surface area contributed by atoms with Crippen LogP contribution in [0.5, 0.6) is 0 Å². The van der Waals surface area contributed by atoms with E-state index in [4.69, 9.17) is 4.98 Å². The molecule has 2 aliphatic carbocycles. The zero-order valence-electron chi connectivity index (χ0n) is 23.6. The van der Waals surface area contributed by atoms with Gasteiger partial charge in [-0.1, -0.05) is 50.7 Å². The highest BCUT2D eigenvalue weighted by Crippen LogP contribution is 2.43. The van der Waals surface area contributed by atoms with Crippen molar-refractivity contribution in [2.24, 2.45) is 0 Å². The van der Waals surface area contributed by atoms with Crippen LogP contribution in [0.15, 0.2) is 29.1 Å². The fraction of sp³-hybridized carbons (Fsp3) is 0.719. The van der Waals surface area contributed by atoms with Crippen molar-refractivity contribution >= 4 is 17.0 Å². The van der Waals surface area contributed by atoms with Gasteiger partial charge in [-0.05, 0) is 77.0 Å². The van der Waals surface area contributed by atoms with Crippen molar-refractivity contribution in [3.63, 3.8) is 0 Å². The minimum atomic E-state index is -0.802. The zero-order valence-corrected chi connectivity index (χ0v) is 23.6. The number of piperidine rings is 2. The summed E-state index contributed by atoms with van der Waals surface area (Å²) in [7, 11) is 1.88. The number of hydrogen-bond acceptors (Lipinski definition) is 5. The standard InChI is InChI=1S/C32H46N4O3/c1-34(21-30(37)38)24-17-16-22(18-24)31-32(39)36(29-15-8-7-14-28(29)33-31)27-19-25-12-9-13-26(20-27)35(25)23-10-5-3-2-4-6-11-23/h7-8,14-15,22-27H,2-6,9-13,16-21H2,1H3,(H,37,38)/t22?,24-,25-,26+,27+/m0/s1. The van der Waals surface area contributed by atoms with Crippen molar-refractivity contribution in [3.8, 4) is 0 Å². The molecule has 212 valence electrons. The normalized spacial score (nSPS) is 30.9. The van der Waals surface area contributed by atoms with Crippen LogP contribution >= 0.6 is 0 Å². The molecule has 1 aromatic carbocycles. The lowest BCUT2D eigenvalue weighted by Crippen LogP contribution is -2.57. The van der Waals surface area contributed by atoms with Crippen LogP contribution in [0.2, 0.25) is 0 Å². The molecule has 0 amide bonds. The van der Waals surface area contributed by atoms with Crippen LogP contribution in [0.3, 0.4) is 0 Å². The van der Waals surface area contributed by atoms with Gasteiger partial charge >= 0.3 is 5.97 Å². The van der Waals surface area contributed by atoms with Gasteiger partial charge in [-0.15, -0.1) is 0 Å². The summed E-state index contributed by atoms with van der Waals surface area (Å²) in [6, 6.07) is 10.5. The number of nitrogens with zero attached hydrogens (tertiary/aromatic N) is 4. The average Bonchev–Trinajstić information content (AvgIpc) is 3.38. The molecule has 1 aromatic heterocycles. The van der Waals surface area contributed by atoms with Crippen LogP contribution < -0.4 is 5.56 Å². The molecule has 2 saturated heterocycles. The third kappa shape index (κ3) is 5.54. The van der Waals surface area contributed by atoms with E-state index in [9.17, 15) is 14.7 Å². The van der Waals surface area contributed by atoms with Crippen LogP contribution in [-0.4, -0.2) is 68.2 Å². The second-order valence-corrected chi connectivity index (χ2v) is 12.9. The lowest BCUT2D eigenvalue weighted by molar-refractivity contribution is -0.138. The number of para-hydroxylation sites is 2. The summed E-state index contributed by atoms with van der Waals surface area (Å²) in [6.45, 7) is 0.0368. The summed E-state index contributed by atoms with van der Waals surface area (Å²) in [4.78, 5) is 35.4. The fourth-order valence-corrected chi connectivity index (χ4v) is 8.68. The van der Waals surface area contributed by atoms with Crippen LogP contribution in [0.1, 0.15) is 114 Å². The Morgan fingerprint density at radius 2 is 1.54 bits per heavy atom. The number of aromatic nitrogens is 2. The fourth-order valence-electron chi connectivity index (χ4n) is 8.68. The number of likely N-dealkylation sites (N-methyl/N-ethyl adjacent to an activating group) is 1. The highest BCUT2D eigenvalue weighted by atomic mass is 16.4. The predicted molar refractivity (Wildman–Crippen MR) is 154 cm³/mol. The predicted octanol–water partition coefficient (Wildman–Crippen LogP) is 5.72. The van der Waals surface area contributed by atoms with E-state index in [0.29, 0.717) is 17.8 Å². The zero-order chi connectivity index (χ0) is 26.9. The average molecular weight is 535 g/mol. The number of carboxylic acid groups (broad SMARTS) is 1. The maximum Gasteiger partial charge on any atom is 0.317 e. The van der Waals surface area contributed by atoms with Crippen molar-refractivity contribution in [2.75, 3.05) is 13.6 Å². The first-order valence-corrected chi connectivity index (χ1v) is 15.7. The van der Waals surface area contributed by atoms with E-state index in [-0.39, 0.29) is 30.1 Å². The van der Waals surface area contributed by atoms with Gasteiger partial charge in [0.2, 0.25) is 0 Å². The molecule has 0 spiro atoms. The van der Waals surface area contributed by atoms with E-state index >= 15 is 0 Å². The summed E-state index contributed by atoms with van der Waals surface area (Å²) in [6.07, 6.45) is 18.2. The van der Waals surface area contributed by atoms with Crippen molar-refractivity contribution in [2.45, 2.75) is 132 Å². The van der Waals surface area contributed by atoms with Crippen molar-refractivity contribution < 1.29 is 9.90 Å². The molecular formula is C32H46N4O3. The van der Waals surface area contributed by atoms with Crippen LogP contribution in [0.25, 0.3) is 11.0 Å². The molecular weight excluding hydrogens is 488 g/mol. The molecule has 2 aliphatic heterocycles. The number of carbonyl (C=O) groups is 1. The largest absolute Gasteiger partial charge is 0.480 e. The van der Waals surface area contributed by atoms with Gasteiger partial charge in [-0.3, -0.25) is 19.4 Å². The number of fused-ring (bicyclic) bond motifs is 3. The van der Waals surface area contributed by atoms with Crippen LogP contribution in [0, 0.1) is 0 Å². The molecule has 5 atom stereocenters. The Bertz CT molecular complexity index is 1210. The Kier molecular flexibility index (Phi) is 8.08. The summed E-state index contributed by atoms with van der Waals surface area (Å²) in [5.74, 6) is -0.715. The number of aliphatic carboxylic acids is 1. The topological polar surface area (TPSA) is 78.7 Å². The number of hydrogen-bond donors (Lipinski definition) is 1. The quantitative estimate of drug-likeness (QED) is 0.511. The Morgan fingerprint density at radius 3 is 2.26 bits per heavy atom. The Balaban J connectivity index is 1.29. The Labute approximate surface area is 232 Å². The molecule has 7 nitrogen and oxygen atoms in total. The summed E-state index contributed by atoms with van der Waals surface area (Å²) < 4.78 is 2.15. The van der Waals surface area contributed by atoms with Gasteiger partial charge in [-0.2, -0.15) is 0 Å². The van der Waals surface area contributed by atoms with Crippen molar-refractivity contribution in [1.29, 1.82) is 0 Å². The van der Waals surface area contributed by atoms with Crippen molar-refractivity contribution in [1.82, 2.24) is 19.4 Å². The Morgan fingerprint density at radius 1 is 0.872 bits per heavy atom. The molecule has 7 heteroatoms. The molecule has 2 bridgehead atoms. The smallest absolute Gasteiger partial charge is 0.317 e. The molecule has 0 radical (unpaired) electrons. The van der Waals surface area contributed by atoms with Gasteiger partial charge in [0.1, 0.15) is 5.69 Å². The monoisotopic (exact) mass is 534 g/mol. The van der Waals surface area contributed by atoms with E-state index in [1.165, 1.54) is 64.2 Å². The molecule has 2 saturated carbocycles. The molecule has 1 N–H and O–H groups in total. The van der Waals surface area contributed by atoms with Crippen molar-refractivity contribution in [3.05, 3.63) is 40.3 Å². The van der Waals surface area contributed by atoms with Gasteiger partial charge in [0.05, 0.1) is 17.6 Å². The maximum absolute atomic E-state index is 14.3. The Hall–Kier alpha value is -2.25. The van der Waals surface area contributed by atoms with Gasteiger partial charge in [-0.25, -0.2) is 4.98 Å². The lowest BCUT2D eigenvalue weighted by atomic mass is 9.79. The second kappa shape index (κ2) is 11.7. The van der Waals surface area contributed by atoms with Crippen LogP contribution in [0.4, 0.5) is 0 Å². The molecule has 2 aromatic rings. The first kappa shape index (κ1) is 26.9. The maximum atomic E-state index is 14.3. The first-order valence-electron chi connectivity index (χ1n) is 15.7. The van der Waals surface area contributed by atoms with Crippen LogP contribution in [-0.2, 0) is 4.79 Å². The van der Waals surface area contributed by atoms with E-state index in [1.54, 1.807) is 0 Å². The highest BCUT2D eigenvalue weighted by Gasteiger charge is 2.43.